The van der Waals surface area contributed by atoms with E-state index in [-0.39, 0.29) is 23.8 Å². The molecule has 8 nitrogen and oxygen atoms in total. The highest BCUT2D eigenvalue weighted by atomic mass is 16.2. The Morgan fingerprint density at radius 1 is 1.07 bits per heavy atom. The Morgan fingerprint density at radius 2 is 1.79 bits per heavy atom. The number of aryl methyl sites for hydroxylation is 1. The van der Waals surface area contributed by atoms with Gasteiger partial charge in [-0.25, -0.2) is 0 Å². The van der Waals surface area contributed by atoms with Crippen molar-refractivity contribution >= 4 is 23.5 Å². The second kappa shape index (κ2) is 13.5. The summed E-state index contributed by atoms with van der Waals surface area (Å²) < 4.78 is 0. The number of nitrogens with one attached hydrogen (secondary N) is 4. The zero-order valence-electron chi connectivity index (χ0n) is 16.7. The molecule has 0 aliphatic rings. The molecule has 2 amide bonds. The van der Waals surface area contributed by atoms with E-state index in [4.69, 9.17) is 16.9 Å². The third kappa shape index (κ3) is 10.5. The zero-order valence-corrected chi connectivity index (χ0v) is 16.7. The van der Waals surface area contributed by atoms with Crippen molar-refractivity contribution in [1.29, 1.82) is 5.41 Å². The van der Waals surface area contributed by atoms with Crippen LogP contribution in [0.2, 0.25) is 0 Å². The molecule has 8 N–H and O–H groups in total. The quantitative estimate of drug-likeness (QED) is 0.162. The lowest BCUT2D eigenvalue weighted by Crippen LogP contribution is -2.41. The number of benzene rings is 1. The van der Waals surface area contributed by atoms with Crippen LogP contribution in [0.3, 0.4) is 0 Å². The van der Waals surface area contributed by atoms with Gasteiger partial charge in [0, 0.05) is 18.7 Å². The van der Waals surface area contributed by atoms with Gasteiger partial charge in [-0.2, -0.15) is 0 Å². The molecule has 1 aromatic rings. The summed E-state index contributed by atoms with van der Waals surface area (Å²) in [4.78, 5) is 23.2. The van der Waals surface area contributed by atoms with Crippen LogP contribution in [-0.4, -0.2) is 36.9 Å². The Bertz CT molecular complexity index is 618. The van der Waals surface area contributed by atoms with E-state index >= 15 is 0 Å². The average Bonchev–Trinajstić information content (AvgIpc) is 2.64. The van der Waals surface area contributed by atoms with Crippen LogP contribution in [0, 0.1) is 5.41 Å². The number of carbonyl (C=O) groups is 2. The molecule has 0 saturated heterocycles. The molecule has 0 radical (unpaired) electrons. The Kier molecular flexibility index (Phi) is 11.3. The Morgan fingerprint density at radius 3 is 2.39 bits per heavy atom. The van der Waals surface area contributed by atoms with Gasteiger partial charge >= 0.3 is 0 Å². The maximum Gasteiger partial charge on any atom is 0.234 e. The number of primary amides is 1. The van der Waals surface area contributed by atoms with Crippen molar-refractivity contribution in [2.24, 2.45) is 11.5 Å². The first-order valence-electron chi connectivity index (χ1n) is 9.91. The van der Waals surface area contributed by atoms with Crippen molar-refractivity contribution < 1.29 is 9.59 Å². The Hall–Kier alpha value is -2.61. The maximum atomic E-state index is 11.6. The molecule has 0 bridgehead atoms. The summed E-state index contributed by atoms with van der Waals surface area (Å²) in [6, 6.07) is 7.51. The predicted octanol–water partition coefficient (Wildman–Crippen LogP) is 1.45. The van der Waals surface area contributed by atoms with Gasteiger partial charge in [-0.1, -0.05) is 19.1 Å². The predicted molar refractivity (Wildman–Crippen MR) is 113 cm³/mol. The number of carbonyl (C=O) groups excluding carboxylic acids is 2. The van der Waals surface area contributed by atoms with Gasteiger partial charge in [0.15, 0.2) is 5.96 Å². The summed E-state index contributed by atoms with van der Waals surface area (Å²) in [5, 5.41) is 15.9. The highest BCUT2D eigenvalue weighted by Crippen LogP contribution is 2.12. The number of anilines is 1. The monoisotopic (exact) mass is 390 g/mol. The van der Waals surface area contributed by atoms with Crippen LogP contribution in [0.4, 0.5) is 5.69 Å². The van der Waals surface area contributed by atoms with Gasteiger partial charge in [-0.15, -0.1) is 0 Å². The molecule has 1 unspecified atom stereocenters. The molecule has 1 rings (SSSR count). The normalized spacial score (nSPS) is 11.6. The number of hydrogen-bond donors (Lipinski definition) is 6. The van der Waals surface area contributed by atoms with Crippen LogP contribution < -0.4 is 27.4 Å². The lowest BCUT2D eigenvalue weighted by molar-refractivity contribution is -0.120. The first-order valence-corrected chi connectivity index (χ1v) is 9.91. The summed E-state index contributed by atoms with van der Waals surface area (Å²) >= 11 is 0. The van der Waals surface area contributed by atoms with Gasteiger partial charge in [0.25, 0.3) is 0 Å². The van der Waals surface area contributed by atoms with Crippen molar-refractivity contribution in [2.45, 2.75) is 57.9 Å². The van der Waals surface area contributed by atoms with Crippen molar-refractivity contribution in [3.05, 3.63) is 29.8 Å². The second-order valence-electron chi connectivity index (χ2n) is 6.84. The smallest absolute Gasteiger partial charge is 0.234 e. The van der Waals surface area contributed by atoms with Crippen LogP contribution in [0.5, 0.6) is 0 Å². The summed E-state index contributed by atoms with van der Waals surface area (Å²) in [7, 11) is 0. The molecule has 0 fully saturated rings. The minimum atomic E-state index is -0.341. The van der Waals surface area contributed by atoms with Gasteiger partial charge in [0.2, 0.25) is 11.8 Å². The molecular formula is C20H34N6O2. The van der Waals surface area contributed by atoms with Crippen molar-refractivity contribution in [3.63, 3.8) is 0 Å². The van der Waals surface area contributed by atoms with Gasteiger partial charge in [-0.05, 0) is 62.8 Å². The molecule has 0 aromatic heterocycles. The largest absolute Gasteiger partial charge is 0.370 e. The topological polar surface area (TPSA) is 146 Å². The summed E-state index contributed by atoms with van der Waals surface area (Å²) in [6.45, 7) is 3.30. The van der Waals surface area contributed by atoms with Gasteiger partial charge in [0.1, 0.15) is 0 Å². The van der Waals surface area contributed by atoms with Crippen molar-refractivity contribution in [1.82, 2.24) is 10.6 Å². The molecule has 0 spiro atoms. The highest BCUT2D eigenvalue weighted by molar-refractivity contribution is 5.90. The molecule has 1 aromatic carbocycles. The molecule has 1 atom stereocenters. The summed E-state index contributed by atoms with van der Waals surface area (Å²) in [5.41, 5.74) is 12.7. The van der Waals surface area contributed by atoms with Crippen LogP contribution in [-0.2, 0) is 16.0 Å². The SMILES string of the molecule is CCCC(=O)Nc1ccc(CCCNC(CCCCNC(=N)N)C(N)=O)cc1. The molecule has 8 heteroatoms. The van der Waals surface area contributed by atoms with Gasteiger partial charge < -0.3 is 27.4 Å². The summed E-state index contributed by atoms with van der Waals surface area (Å²) in [5.74, 6) is -0.346. The minimum Gasteiger partial charge on any atom is -0.370 e. The van der Waals surface area contributed by atoms with E-state index in [0.29, 0.717) is 25.9 Å². The average molecular weight is 391 g/mol. The van der Waals surface area contributed by atoms with E-state index in [1.54, 1.807) is 0 Å². The fourth-order valence-electron chi connectivity index (χ4n) is 2.82. The van der Waals surface area contributed by atoms with Gasteiger partial charge in [-0.3, -0.25) is 15.0 Å². The third-order valence-electron chi connectivity index (χ3n) is 4.33. The Balaban J connectivity index is 2.26. The molecule has 0 saturated carbocycles. The van der Waals surface area contributed by atoms with E-state index in [2.05, 4.69) is 16.0 Å². The first-order chi connectivity index (χ1) is 13.4. The lowest BCUT2D eigenvalue weighted by atomic mass is 10.1. The number of amides is 2. The van der Waals surface area contributed by atoms with E-state index in [0.717, 1.165) is 37.8 Å². The third-order valence-corrected chi connectivity index (χ3v) is 4.33. The zero-order chi connectivity index (χ0) is 20.8. The Labute approximate surface area is 167 Å². The number of nitrogens with two attached hydrogens (primary N) is 2. The van der Waals surface area contributed by atoms with Crippen molar-refractivity contribution in [3.8, 4) is 0 Å². The van der Waals surface area contributed by atoms with Crippen LogP contribution in [0.1, 0.15) is 51.0 Å². The van der Waals surface area contributed by atoms with Crippen LogP contribution >= 0.6 is 0 Å². The van der Waals surface area contributed by atoms with Crippen LogP contribution in [0.15, 0.2) is 24.3 Å². The van der Waals surface area contributed by atoms with E-state index in [9.17, 15) is 9.59 Å². The molecule has 0 aliphatic carbocycles. The molecular weight excluding hydrogens is 356 g/mol. The standard InChI is InChI=1S/C20H34N6O2/c1-2-6-18(27)26-16-11-9-15(10-12-16)7-5-14-24-17(19(21)28)8-3-4-13-25-20(22)23/h9-12,17,24H,2-8,13-14H2,1H3,(H2,21,28)(H,26,27)(H4,22,23,25). The molecule has 156 valence electrons. The van der Waals surface area contributed by atoms with Crippen LogP contribution in [0.25, 0.3) is 0 Å². The number of unbranched alkanes of at least 4 members (excludes halogenated alkanes) is 1. The fourth-order valence-corrected chi connectivity index (χ4v) is 2.82. The number of hydrogen-bond acceptors (Lipinski definition) is 4. The highest BCUT2D eigenvalue weighted by Gasteiger charge is 2.13. The van der Waals surface area contributed by atoms with Gasteiger partial charge in [0.05, 0.1) is 6.04 Å². The number of guanidine groups is 1. The van der Waals surface area contributed by atoms with E-state index in [1.807, 2.05) is 31.2 Å². The molecule has 28 heavy (non-hydrogen) atoms. The molecule has 0 heterocycles. The minimum absolute atomic E-state index is 0.0361. The second-order valence-corrected chi connectivity index (χ2v) is 6.84. The van der Waals surface area contributed by atoms with E-state index < -0.39 is 0 Å². The number of rotatable bonds is 14. The van der Waals surface area contributed by atoms with E-state index in [1.165, 1.54) is 5.56 Å². The summed E-state index contributed by atoms with van der Waals surface area (Å²) in [6.07, 6.45) is 5.45. The first kappa shape index (κ1) is 23.4. The van der Waals surface area contributed by atoms with Crippen molar-refractivity contribution in [2.75, 3.05) is 18.4 Å². The maximum absolute atomic E-state index is 11.6. The fraction of sp³-hybridized carbons (Fsp3) is 0.550. The lowest BCUT2D eigenvalue weighted by Gasteiger charge is -2.15. The molecule has 0 aliphatic heterocycles.